The summed E-state index contributed by atoms with van der Waals surface area (Å²) in [4.78, 5) is 26.5. The highest BCUT2D eigenvalue weighted by atomic mass is 16.5. The second kappa shape index (κ2) is 7.21. The fourth-order valence-corrected chi connectivity index (χ4v) is 5.00. The number of urea groups is 1. The van der Waals surface area contributed by atoms with Crippen molar-refractivity contribution in [2.24, 2.45) is 11.8 Å². The number of aromatic nitrogens is 2. The topological polar surface area (TPSA) is 70.6 Å². The monoisotopic (exact) mass is 393 g/mol. The smallest absolute Gasteiger partial charge is 0.321 e. The number of amides is 2. The van der Waals surface area contributed by atoms with Crippen molar-refractivity contribution in [1.82, 2.24) is 14.9 Å². The molecule has 2 saturated heterocycles. The van der Waals surface area contributed by atoms with Crippen molar-refractivity contribution in [3.63, 3.8) is 0 Å². The number of nitrogens with one attached hydrogen (secondary N) is 1. The summed E-state index contributed by atoms with van der Waals surface area (Å²) in [6, 6.07) is 7.43. The minimum atomic E-state index is -0.0186. The van der Waals surface area contributed by atoms with Gasteiger partial charge in [-0.15, -0.1) is 0 Å². The number of hydrogen-bond donors (Lipinski definition) is 1. The third-order valence-electron chi connectivity index (χ3n) is 6.44. The van der Waals surface area contributed by atoms with E-state index in [1.807, 2.05) is 36.1 Å². The molecule has 2 unspecified atom stereocenters. The maximum absolute atomic E-state index is 12.7. The lowest BCUT2D eigenvalue weighted by molar-refractivity contribution is 0.219. The zero-order valence-corrected chi connectivity index (χ0v) is 17.0. The molecular formula is C22H27N5O2. The van der Waals surface area contributed by atoms with Crippen LogP contribution in [0.4, 0.5) is 16.3 Å². The molecule has 2 amide bonds. The number of nitrogens with zero attached hydrogens (tertiary/aromatic N) is 4. The molecule has 152 valence electrons. The zero-order chi connectivity index (χ0) is 20.0. The van der Waals surface area contributed by atoms with Gasteiger partial charge in [-0.25, -0.2) is 14.8 Å². The van der Waals surface area contributed by atoms with Crippen LogP contribution in [0.1, 0.15) is 23.5 Å². The number of ether oxygens (including phenoxy) is 1. The van der Waals surface area contributed by atoms with Crippen molar-refractivity contribution in [1.29, 1.82) is 0 Å². The van der Waals surface area contributed by atoms with Gasteiger partial charge < -0.3 is 19.9 Å². The molecule has 7 heteroatoms. The fourth-order valence-electron chi connectivity index (χ4n) is 5.00. The molecule has 7 nitrogen and oxygen atoms in total. The third-order valence-corrected chi connectivity index (χ3v) is 6.44. The van der Waals surface area contributed by atoms with E-state index in [4.69, 9.17) is 9.72 Å². The molecule has 2 atom stereocenters. The van der Waals surface area contributed by atoms with Crippen molar-refractivity contribution in [2.75, 3.05) is 43.5 Å². The summed E-state index contributed by atoms with van der Waals surface area (Å²) >= 11 is 0. The first-order chi connectivity index (χ1) is 14.1. The molecule has 3 heterocycles. The van der Waals surface area contributed by atoms with Crippen LogP contribution in [0.2, 0.25) is 0 Å². The molecule has 1 aromatic carbocycles. The molecule has 2 fully saturated rings. The van der Waals surface area contributed by atoms with Gasteiger partial charge in [-0.05, 0) is 50.5 Å². The summed E-state index contributed by atoms with van der Waals surface area (Å²) in [6.07, 6.45) is 3.35. The summed E-state index contributed by atoms with van der Waals surface area (Å²) in [5.41, 5.74) is 3.39. The number of carbonyl (C=O) groups excluding carboxylic acids is 1. The molecule has 0 radical (unpaired) electrons. The van der Waals surface area contributed by atoms with Crippen molar-refractivity contribution >= 4 is 17.5 Å². The van der Waals surface area contributed by atoms with E-state index < -0.39 is 0 Å². The van der Waals surface area contributed by atoms with Crippen LogP contribution in [0.3, 0.4) is 0 Å². The van der Waals surface area contributed by atoms with Gasteiger partial charge in [0.25, 0.3) is 0 Å². The van der Waals surface area contributed by atoms with Crippen LogP contribution in [0, 0.1) is 18.8 Å². The van der Waals surface area contributed by atoms with Crippen LogP contribution in [0.15, 0.2) is 24.3 Å². The van der Waals surface area contributed by atoms with Gasteiger partial charge in [0.1, 0.15) is 17.4 Å². The fraction of sp³-hybridized carbons (Fsp3) is 0.500. The van der Waals surface area contributed by atoms with Crippen LogP contribution >= 0.6 is 0 Å². The Morgan fingerprint density at radius 3 is 2.48 bits per heavy atom. The summed E-state index contributed by atoms with van der Waals surface area (Å²) in [7, 11) is 1.64. The van der Waals surface area contributed by atoms with Gasteiger partial charge in [0.15, 0.2) is 0 Å². The number of rotatable bonds is 3. The molecule has 2 aliphatic heterocycles. The SMILES string of the molecule is COc1ccc(NC(=O)N2CC3CN(c4nc(C)nc5c4CCC5)CC3C2)cc1. The number of fused-ring (bicyclic) bond motifs is 2. The molecule has 1 aliphatic carbocycles. The highest BCUT2D eigenvalue weighted by molar-refractivity contribution is 5.89. The summed E-state index contributed by atoms with van der Waals surface area (Å²) in [6.45, 7) is 5.54. The Balaban J connectivity index is 1.23. The van der Waals surface area contributed by atoms with Crippen molar-refractivity contribution in [3.05, 3.63) is 41.3 Å². The van der Waals surface area contributed by atoms with Gasteiger partial charge in [-0.2, -0.15) is 0 Å². The zero-order valence-electron chi connectivity index (χ0n) is 17.0. The van der Waals surface area contributed by atoms with Gasteiger partial charge >= 0.3 is 6.03 Å². The maximum Gasteiger partial charge on any atom is 0.321 e. The van der Waals surface area contributed by atoms with E-state index in [0.717, 1.165) is 62.1 Å². The highest BCUT2D eigenvalue weighted by Gasteiger charge is 2.42. The predicted molar refractivity (Wildman–Crippen MR) is 112 cm³/mol. The number of benzene rings is 1. The normalized spacial score (nSPS) is 22.6. The number of aryl methyl sites for hydroxylation is 2. The molecule has 5 rings (SSSR count). The van der Waals surface area contributed by atoms with Gasteiger partial charge in [-0.1, -0.05) is 0 Å². The van der Waals surface area contributed by atoms with E-state index in [1.165, 1.54) is 17.7 Å². The van der Waals surface area contributed by atoms with Crippen LogP contribution < -0.4 is 15.0 Å². The lowest BCUT2D eigenvalue weighted by Gasteiger charge is -2.24. The van der Waals surface area contributed by atoms with E-state index >= 15 is 0 Å². The Morgan fingerprint density at radius 2 is 1.79 bits per heavy atom. The molecule has 1 aromatic heterocycles. The highest BCUT2D eigenvalue weighted by Crippen LogP contribution is 2.37. The van der Waals surface area contributed by atoms with Crippen LogP contribution in [-0.2, 0) is 12.8 Å². The molecule has 29 heavy (non-hydrogen) atoms. The van der Waals surface area contributed by atoms with Crippen LogP contribution in [0.5, 0.6) is 5.75 Å². The Hall–Kier alpha value is -2.83. The number of hydrogen-bond acceptors (Lipinski definition) is 5. The molecule has 0 spiro atoms. The maximum atomic E-state index is 12.7. The molecular weight excluding hydrogens is 366 g/mol. The lowest BCUT2D eigenvalue weighted by atomic mass is 10.0. The standard InChI is InChI=1S/C22H27N5O2/c1-14-23-20-5-3-4-19(20)21(24-14)26-10-15-12-27(13-16(15)11-26)22(28)25-17-6-8-18(29-2)9-7-17/h6-9,15-16H,3-5,10-13H2,1-2H3,(H,25,28). The van der Waals surface area contributed by atoms with E-state index in [9.17, 15) is 4.79 Å². The van der Waals surface area contributed by atoms with E-state index in [0.29, 0.717) is 11.8 Å². The quantitative estimate of drug-likeness (QED) is 0.868. The summed E-state index contributed by atoms with van der Waals surface area (Å²) < 4.78 is 5.17. The lowest BCUT2D eigenvalue weighted by Crippen LogP contribution is -2.36. The number of likely N-dealkylation sites (tertiary alicyclic amines) is 1. The number of carbonyl (C=O) groups is 1. The van der Waals surface area contributed by atoms with Gasteiger partial charge in [0.2, 0.25) is 0 Å². The number of anilines is 2. The first-order valence-electron chi connectivity index (χ1n) is 10.4. The molecule has 0 bridgehead atoms. The van der Waals surface area contributed by atoms with Gasteiger partial charge in [0.05, 0.1) is 7.11 Å². The average Bonchev–Trinajstić information content (AvgIpc) is 3.42. The third kappa shape index (κ3) is 3.39. The Bertz CT molecular complexity index is 916. The van der Waals surface area contributed by atoms with Gasteiger partial charge in [0, 0.05) is 55.0 Å². The molecule has 3 aliphatic rings. The Kier molecular flexibility index (Phi) is 4.53. The Labute approximate surface area is 171 Å². The minimum absolute atomic E-state index is 0.0186. The average molecular weight is 393 g/mol. The predicted octanol–water partition coefficient (Wildman–Crippen LogP) is 2.88. The van der Waals surface area contributed by atoms with Gasteiger partial charge in [-0.3, -0.25) is 0 Å². The molecule has 0 saturated carbocycles. The van der Waals surface area contributed by atoms with Crippen molar-refractivity contribution in [2.45, 2.75) is 26.2 Å². The first kappa shape index (κ1) is 18.2. The van der Waals surface area contributed by atoms with Crippen molar-refractivity contribution < 1.29 is 9.53 Å². The summed E-state index contributed by atoms with van der Waals surface area (Å²) in [5.74, 6) is 3.81. The van der Waals surface area contributed by atoms with E-state index in [-0.39, 0.29) is 6.03 Å². The molecule has 2 aromatic rings. The van der Waals surface area contributed by atoms with Crippen molar-refractivity contribution in [3.8, 4) is 5.75 Å². The second-order valence-corrected chi connectivity index (χ2v) is 8.36. The van der Waals surface area contributed by atoms with E-state index in [2.05, 4.69) is 15.2 Å². The number of methoxy groups -OCH3 is 1. The Morgan fingerprint density at radius 1 is 1.07 bits per heavy atom. The largest absolute Gasteiger partial charge is 0.497 e. The second-order valence-electron chi connectivity index (χ2n) is 8.36. The minimum Gasteiger partial charge on any atom is -0.497 e. The molecule has 1 N–H and O–H groups in total. The van der Waals surface area contributed by atoms with Crippen LogP contribution in [-0.4, -0.2) is 54.2 Å². The summed E-state index contributed by atoms with van der Waals surface area (Å²) in [5, 5.41) is 3.01. The van der Waals surface area contributed by atoms with Crippen LogP contribution in [0.25, 0.3) is 0 Å². The van der Waals surface area contributed by atoms with E-state index in [1.54, 1.807) is 7.11 Å². The first-order valence-corrected chi connectivity index (χ1v) is 10.4.